The van der Waals surface area contributed by atoms with Crippen molar-refractivity contribution < 1.29 is 23.1 Å². The second-order valence-corrected chi connectivity index (χ2v) is 3.57. The largest absolute Gasteiger partial charge is 0.472 e. The number of pyridine rings is 1. The zero-order chi connectivity index (χ0) is 15.7. The van der Waals surface area contributed by atoms with Gasteiger partial charge in [-0.15, -0.1) is 0 Å². The summed E-state index contributed by atoms with van der Waals surface area (Å²) >= 11 is 0. The topological polar surface area (TPSA) is 50.2 Å². The van der Waals surface area contributed by atoms with Crippen molar-refractivity contribution in [1.82, 2.24) is 4.98 Å². The highest BCUT2D eigenvalue weighted by atomic mass is 19.3. The van der Waals surface area contributed by atoms with Gasteiger partial charge < -0.3 is 5.11 Å². The van der Waals surface area contributed by atoms with Gasteiger partial charge in [0.15, 0.2) is 0 Å². The molecular weight excluding hydrogens is 283 g/mol. The molecule has 0 aliphatic heterocycles. The molecular formula is C15H10F3NO2. The molecule has 108 valence electrons. The number of benzene rings is 1. The molecule has 3 nitrogen and oxygen atoms in total. The van der Waals surface area contributed by atoms with Crippen molar-refractivity contribution in [2.45, 2.75) is 0 Å². The van der Waals surface area contributed by atoms with E-state index in [2.05, 4.69) is 10.9 Å². The quantitative estimate of drug-likeness (QED) is 0.821. The molecule has 2 rings (SSSR count). The van der Waals surface area contributed by atoms with Gasteiger partial charge in [-0.2, -0.15) is 0 Å². The van der Waals surface area contributed by atoms with Crippen LogP contribution in [0.25, 0.3) is 11.3 Å². The summed E-state index contributed by atoms with van der Waals surface area (Å²) in [6.45, 7) is -1.75. The third-order valence-electron chi connectivity index (χ3n) is 2.22. The summed E-state index contributed by atoms with van der Waals surface area (Å²) in [7, 11) is 0. The van der Waals surface area contributed by atoms with Crippen LogP contribution in [0.1, 0.15) is 5.56 Å². The smallest absolute Gasteiger partial charge is 0.382 e. The van der Waals surface area contributed by atoms with Gasteiger partial charge in [-0.3, -0.25) is 4.98 Å². The molecule has 0 aliphatic carbocycles. The number of aromatic nitrogens is 1. The van der Waals surface area contributed by atoms with Gasteiger partial charge in [0.1, 0.15) is 5.82 Å². The van der Waals surface area contributed by atoms with Crippen LogP contribution in [-0.4, -0.2) is 23.0 Å². The Kier molecular flexibility index (Phi) is 6.48. The minimum Gasteiger partial charge on any atom is -0.472 e. The monoisotopic (exact) mass is 293 g/mol. The van der Waals surface area contributed by atoms with E-state index in [4.69, 9.17) is 5.11 Å². The van der Waals surface area contributed by atoms with Crippen LogP contribution in [0.3, 0.4) is 0 Å². The van der Waals surface area contributed by atoms with Gasteiger partial charge in [0.05, 0.1) is 5.69 Å². The van der Waals surface area contributed by atoms with Crippen LogP contribution in [0.4, 0.5) is 13.2 Å². The molecule has 0 bridgehead atoms. The summed E-state index contributed by atoms with van der Waals surface area (Å²) in [5.41, 5.74) is 1.19. The maximum absolute atomic E-state index is 13.8. The number of carbonyl (C=O) groups is 1. The molecule has 0 amide bonds. The van der Waals surface area contributed by atoms with Gasteiger partial charge in [-0.05, 0) is 30.3 Å². The van der Waals surface area contributed by atoms with E-state index in [1.807, 2.05) is 5.92 Å². The molecule has 1 N–H and O–H groups in total. The molecule has 0 saturated carbocycles. The number of halogens is 3. The highest BCUT2D eigenvalue weighted by Crippen LogP contribution is 2.20. The van der Waals surface area contributed by atoms with Crippen molar-refractivity contribution >= 4 is 5.97 Å². The van der Waals surface area contributed by atoms with E-state index in [1.165, 1.54) is 12.1 Å². The lowest BCUT2D eigenvalue weighted by molar-refractivity contribution is -0.130. The summed E-state index contributed by atoms with van der Waals surface area (Å²) in [6.07, 6.45) is 1.58. The zero-order valence-electron chi connectivity index (χ0n) is 10.7. The van der Waals surface area contributed by atoms with Gasteiger partial charge >= 0.3 is 5.97 Å². The van der Waals surface area contributed by atoms with E-state index in [9.17, 15) is 18.0 Å². The third-order valence-corrected chi connectivity index (χ3v) is 2.22. The molecule has 6 heteroatoms. The first-order valence-corrected chi connectivity index (χ1v) is 5.66. The highest BCUT2D eigenvalue weighted by molar-refractivity contribution is 5.87. The first kappa shape index (κ1) is 16.2. The number of rotatable bonds is 1. The Morgan fingerprint density at radius 3 is 2.48 bits per heavy atom. The van der Waals surface area contributed by atoms with Crippen LogP contribution < -0.4 is 0 Å². The number of carboxylic acid groups (broad SMARTS) is 1. The molecule has 0 saturated heterocycles. The molecule has 0 radical (unpaired) electrons. The summed E-state index contributed by atoms with van der Waals surface area (Å²) in [4.78, 5) is 14.3. The van der Waals surface area contributed by atoms with Crippen LogP contribution in [0.2, 0.25) is 0 Å². The molecule has 0 aliphatic rings. The standard InChI is InChI=1S/C14H8FNO2.CH2F2/c15-12-9-10(5-7-14(17)18)4-6-11(12)13-3-1-2-8-16-13;2-1-3/h1-4,6,8-9H,(H,17,18);1H2. The Hall–Kier alpha value is -2.81. The molecule has 21 heavy (non-hydrogen) atoms. The normalized spacial score (nSPS) is 8.90. The molecule has 0 spiro atoms. The fourth-order valence-electron chi connectivity index (χ4n) is 1.45. The summed E-state index contributed by atoms with van der Waals surface area (Å²) in [5, 5.41) is 8.40. The second-order valence-electron chi connectivity index (χ2n) is 3.57. The van der Waals surface area contributed by atoms with Crippen molar-refractivity contribution in [2.75, 3.05) is 6.93 Å². The molecule has 0 atom stereocenters. The van der Waals surface area contributed by atoms with E-state index in [1.54, 1.807) is 30.5 Å². The molecule has 0 unspecified atom stereocenters. The third kappa shape index (κ3) is 5.37. The Bertz CT molecular complexity index is 664. The summed E-state index contributed by atoms with van der Waals surface area (Å²) < 4.78 is 33.1. The van der Waals surface area contributed by atoms with Crippen LogP contribution in [0.5, 0.6) is 0 Å². The van der Waals surface area contributed by atoms with Crippen molar-refractivity contribution in [1.29, 1.82) is 0 Å². The Labute approximate surface area is 119 Å². The number of aliphatic carboxylic acids is 1. The number of alkyl halides is 2. The minimum absolute atomic E-state index is 0.314. The van der Waals surface area contributed by atoms with Gasteiger partial charge in [0.2, 0.25) is 6.93 Å². The van der Waals surface area contributed by atoms with Crippen molar-refractivity contribution in [3.05, 3.63) is 54.0 Å². The first-order valence-electron chi connectivity index (χ1n) is 5.66. The van der Waals surface area contributed by atoms with Crippen molar-refractivity contribution in [3.8, 4) is 23.1 Å². The number of hydrogen-bond donors (Lipinski definition) is 1. The Balaban J connectivity index is 0.000000677. The second kappa shape index (κ2) is 8.38. The highest BCUT2D eigenvalue weighted by Gasteiger charge is 2.05. The first-order chi connectivity index (χ1) is 10.1. The average molecular weight is 293 g/mol. The van der Waals surface area contributed by atoms with Crippen LogP contribution in [0.15, 0.2) is 42.6 Å². The Morgan fingerprint density at radius 2 is 1.95 bits per heavy atom. The SMILES string of the molecule is FCF.O=C(O)C#Cc1ccc(-c2ccccn2)c(F)c1. The number of carboxylic acids is 1. The number of hydrogen-bond acceptors (Lipinski definition) is 2. The molecule has 1 aromatic heterocycles. The van der Waals surface area contributed by atoms with Crippen molar-refractivity contribution in [2.24, 2.45) is 0 Å². The Morgan fingerprint density at radius 1 is 1.24 bits per heavy atom. The van der Waals surface area contributed by atoms with Crippen LogP contribution >= 0.6 is 0 Å². The van der Waals surface area contributed by atoms with Gasteiger partial charge in [0, 0.05) is 23.2 Å². The fourth-order valence-corrected chi connectivity index (χ4v) is 1.45. The molecule has 1 heterocycles. The van der Waals surface area contributed by atoms with Gasteiger partial charge in [-0.1, -0.05) is 12.0 Å². The molecule has 1 aromatic carbocycles. The lowest BCUT2D eigenvalue weighted by atomic mass is 10.1. The van der Waals surface area contributed by atoms with Crippen molar-refractivity contribution in [3.63, 3.8) is 0 Å². The van der Waals surface area contributed by atoms with Gasteiger partial charge in [-0.25, -0.2) is 18.0 Å². The number of nitrogens with zero attached hydrogens (tertiary/aromatic N) is 1. The average Bonchev–Trinajstić information content (AvgIpc) is 2.47. The maximum atomic E-state index is 13.8. The lowest BCUT2D eigenvalue weighted by Gasteiger charge is -2.02. The zero-order valence-corrected chi connectivity index (χ0v) is 10.7. The minimum atomic E-state index is -1.75. The summed E-state index contributed by atoms with van der Waals surface area (Å²) in [6, 6.07) is 9.49. The maximum Gasteiger partial charge on any atom is 0.382 e. The lowest BCUT2D eigenvalue weighted by Crippen LogP contribution is -1.90. The van der Waals surface area contributed by atoms with E-state index in [0.29, 0.717) is 16.8 Å². The van der Waals surface area contributed by atoms with Gasteiger partial charge in [0.25, 0.3) is 0 Å². The molecule has 0 fully saturated rings. The van der Waals surface area contributed by atoms with E-state index >= 15 is 0 Å². The fraction of sp³-hybridized carbons (Fsp3) is 0.0667. The van der Waals surface area contributed by atoms with Crippen LogP contribution in [0, 0.1) is 17.7 Å². The predicted octanol–water partition coefficient (Wildman–Crippen LogP) is 3.21. The molecule has 2 aromatic rings. The van der Waals surface area contributed by atoms with E-state index in [0.717, 1.165) is 0 Å². The predicted molar refractivity (Wildman–Crippen MR) is 71.2 cm³/mol. The summed E-state index contributed by atoms with van der Waals surface area (Å²) in [5.74, 6) is 2.56. The van der Waals surface area contributed by atoms with E-state index < -0.39 is 18.7 Å². The van der Waals surface area contributed by atoms with Crippen LogP contribution in [-0.2, 0) is 4.79 Å². The van der Waals surface area contributed by atoms with E-state index in [-0.39, 0.29) is 0 Å².